The maximum absolute atomic E-state index is 13.0. The Morgan fingerprint density at radius 1 is 1.25 bits per heavy atom. The van der Waals surface area contributed by atoms with Gasteiger partial charge in [-0.25, -0.2) is 4.79 Å². The number of nitrogens with one attached hydrogen (secondary N) is 1. The van der Waals surface area contributed by atoms with E-state index in [1.807, 2.05) is 20.8 Å². The average molecular weight is 386 g/mol. The fraction of sp³-hybridized carbons (Fsp3) is 0.524. The third-order valence-electron chi connectivity index (χ3n) is 6.64. The number of likely N-dealkylation sites (tertiary alicyclic amines) is 1. The molecule has 1 heterocycles. The van der Waals surface area contributed by atoms with Gasteiger partial charge in [0.05, 0.1) is 18.1 Å². The van der Waals surface area contributed by atoms with Crippen molar-refractivity contribution >= 4 is 29.4 Å². The number of piperidine rings is 1. The van der Waals surface area contributed by atoms with E-state index in [0.717, 1.165) is 0 Å². The second kappa shape index (κ2) is 7.04. The molecule has 150 valence electrons. The molecule has 2 bridgehead atoms. The minimum absolute atomic E-state index is 0.00314. The SMILES string of the molecule is COC(=O)c1cccc(NC(=O)CCN2C(=O)C3CCC(C)(C2=O)C3(C)C)c1. The number of nitrogens with zero attached hydrogens (tertiary/aromatic N) is 1. The molecular weight excluding hydrogens is 360 g/mol. The molecule has 1 N–H and O–H groups in total. The molecule has 1 aromatic carbocycles. The lowest BCUT2D eigenvalue weighted by Crippen LogP contribution is -2.59. The Bertz CT molecular complexity index is 847. The van der Waals surface area contributed by atoms with Crippen LogP contribution in [0.5, 0.6) is 0 Å². The van der Waals surface area contributed by atoms with Crippen LogP contribution in [0.1, 0.15) is 50.4 Å². The van der Waals surface area contributed by atoms with Crippen LogP contribution in [0.4, 0.5) is 5.69 Å². The number of esters is 1. The summed E-state index contributed by atoms with van der Waals surface area (Å²) in [4.78, 5) is 50.9. The number of hydrogen-bond acceptors (Lipinski definition) is 5. The van der Waals surface area contributed by atoms with Gasteiger partial charge in [-0.05, 0) is 36.5 Å². The van der Waals surface area contributed by atoms with Crippen molar-refractivity contribution in [1.29, 1.82) is 0 Å². The molecule has 1 saturated heterocycles. The van der Waals surface area contributed by atoms with E-state index in [1.165, 1.54) is 18.1 Å². The van der Waals surface area contributed by atoms with Crippen molar-refractivity contribution in [3.05, 3.63) is 29.8 Å². The van der Waals surface area contributed by atoms with Gasteiger partial charge in [0.25, 0.3) is 0 Å². The molecule has 28 heavy (non-hydrogen) atoms. The summed E-state index contributed by atoms with van der Waals surface area (Å²) in [6.45, 7) is 5.95. The summed E-state index contributed by atoms with van der Waals surface area (Å²) in [6, 6.07) is 6.40. The Labute approximate surface area is 164 Å². The van der Waals surface area contributed by atoms with Gasteiger partial charge in [0, 0.05) is 24.6 Å². The summed E-state index contributed by atoms with van der Waals surface area (Å²) in [5.74, 6) is -1.37. The number of carbonyl (C=O) groups excluding carboxylic acids is 4. The number of rotatable bonds is 5. The van der Waals surface area contributed by atoms with Crippen LogP contribution >= 0.6 is 0 Å². The topological polar surface area (TPSA) is 92.8 Å². The maximum Gasteiger partial charge on any atom is 0.337 e. The largest absolute Gasteiger partial charge is 0.465 e. The fourth-order valence-electron chi connectivity index (χ4n) is 4.39. The van der Waals surface area contributed by atoms with E-state index in [2.05, 4.69) is 10.1 Å². The maximum atomic E-state index is 13.0. The van der Waals surface area contributed by atoms with Gasteiger partial charge in [0.2, 0.25) is 17.7 Å². The van der Waals surface area contributed by atoms with Crippen molar-refractivity contribution in [2.45, 2.75) is 40.0 Å². The van der Waals surface area contributed by atoms with Gasteiger partial charge >= 0.3 is 5.97 Å². The number of anilines is 1. The Morgan fingerprint density at radius 3 is 2.64 bits per heavy atom. The first-order valence-corrected chi connectivity index (χ1v) is 9.46. The molecule has 3 rings (SSSR count). The molecule has 2 atom stereocenters. The monoisotopic (exact) mass is 386 g/mol. The van der Waals surface area contributed by atoms with Crippen molar-refractivity contribution in [3.8, 4) is 0 Å². The molecule has 2 unspecified atom stereocenters. The Hall–Kier alpha value is -2.70. The van der Waals surface area contributed by atoms with Crippen LogP contribution in [0.3, 0.4) is 0 Å². The van der Waals surface area contributed by atoms with Crippen LogP contribution in [-0.4, -0.2) is 42.2 Å². The lowest BCUT2D eigenvalue weighted by Gasteiger charge is -2.47. The van der Waals surface area contributed by atoms with Gasteiger partial charge < -0.3 is 10.1 Å². The highest BCUT2D eigenvalue weighted by atomic mass is 16.5. The second-order valence-corrected chi connectivity index (χ2v) is 8.31. The summed E-state index contributed by atoms with van der Waals surface area (Å²) in [6.07, 6.45) is 1.40. The molecule has 2 fully saturated rings. The van der Waals surface area contributed by atoms with Gasteiger partial charge in [0.15, 0.2) is 0 Å². The molecule has 2 aliphatic rings. The highest BCUT2D eigenvalue weighted by molar-refractivity contribution is 6.04. The van der Waals surface area contributed by atoms with Crippen molar-refractivity contribution in [3.63, 3.8) is 0 Å². The number of amides is 3. The van der Waals surface area contributed by atoms with Gasteiger partial charge in [-0.2, -0.15) is 0 Å². The fourth-order valence-corrected chi connectivity index (χ4v) is 4.39. The van der Waals surface area contributed by atoms with Crippen molar-refractivity contribution in [1.82, 2.24) is 4.90 Å². The summed E-state index contributed by atoms with van der Waals surface area (Å²) >= 11 is 0. The van der Waals surface area contributed by atoms with Crippen LogP contribution in [0, 0.1) is 16.7 Å². The molecule has 0 radical (unpaired) electrons. The first-order valence-electron chi connectivity index (χ1n) is 9.46. The number of benzene rings is 1. The van der Waals surface area contributed by atoms with Gasteiger partial charge in [-0.1, -0.05) is 26.8 Å². The number of methoxy groups -OCH3 is 1. The molecule has 1 aliphatic heterocycles. The van der Waals surface area contributed by atoms with Crippen LogP contribution in [0.15, 0.2) is 24.3 Å². The van der Waals surface area contributed by atoms with E-state index < -0.39 is 11.4 Å². The zero-order valence-electron chi connectivity index (χ0n) is 16.7. The number of imide groups is 1. The summed E-state index contributed by atoms with van der Waals surface area (Å²) in [7, 11) is 1.29. The van der Waals surface area contributed by atoms with E-state index in [1.54, 1.807) is 18.2 Å². The highest BCUT2D eigenvalue weighted by Crippen LogP contribution is 2.60. The first-order chi connectivity index (χ1) is 13.1. The van der Waals surface area contributed by atoms with E-state index in [4.69, 9.17) is 0 Å². The minimum atomic E-state index is -0.573. The zero-order chi connectivity index (χ0) is 20.7. The van der Waals surface area contributed by atoms with Crippen molar-refractivity contribution in [2.75, 3.05) is 19.0 Å². The third-order valence-corrected chi connectivity index (χ3v) is 6.64. The Balaban J connectivity index is 1.65. The molecule has 1 aliphatic carbocycles. The predicted octanol–water partition coefficient (Wildman–Crippen LogP) is 2.61. The number of carbonyl (C=O) groups is 4. The van der Waals surface area contributed by atoms with E-state index >= 15 is 0 Å². The summed E-state index contributed by atoms with van der Waals surface area (Å²) in [5.41, 5.74) is -0.156. The third kappa shape index (κ3) is 3.08. The quantitative estimate of drug-likeness (QED) is 0.620. The van der Waals surface area contributed by atoms with Gasteiger partial charge in [-0.3, -0.25) is 19.3 Å². The lowest BCUT2D eigenvalue weighted by molar-refractivity contribution is -0.167. The molecule has 7 nitrogen and oxygen atoms in total. The zero-order valence-corrected chi connectivity index (χ0v) is 16.7. The second-order valence-electron chi connectivity index (χ2n) is 8.31. The Kier molecular flexibility index (Phi) is 5.04. The smallest absolute Gasteiger partial charge is 0.337 e. The Morgan fingerprint density at radius 2 is 1.96 bits per heavy atom. The molecule has 1 aromatic rings. The molecule has 1 saturated carbocycles. The van der Waals surface area contributed by atoms with Crippen LogP contribution < -0.4 is 5.32 Å². The van der Waals surface area contributed by atoms with Crippen molar-refractivity contribution < 1.29 is 23.9 Å². The van der Waals surface area contributed by atoms with E-state index in [0.29, 0.717) is 24.1 Å². The predicted molar refractivity (Wildman–Crippen MR) is 102 cm³/mol. The van der Waals surface area contributed by atoms with Crippen LogP contribution in [0.2, 0.25) is 0 Å². The van der Waals surface area contributed by atoms with E-state index in [-0.39, 0.29) is 42.0 Å². The summed E-state index contributed by atoms with van der Waals surface area (Å²) < 4.78 is 4.67. The van der Waals surface area contributed by atoms with Gasteiger partial charge in [0.1, 0.15) is 0 Å². The molecule has 0 spiro atoms. The molecular formula is C21H26N2O5. The number of ether oxygens (including phenoxy) is 1. The number of fused-ring (bicyclic) bond motifs is 2. The van der Waals surface area contributed by atoms with Gasteiger partial charge in [-0.15, -0.1) is 0 Å². The average Bonchev–Trinajstić information content (AvgIpc) is 2.84. The summed E-state index contributed by atoms with van der Waals surface area (Å²) in [5, 5.41) is 2.70. The molecule has 3 amide bonds. The van der Waals surface area contributed by atoms with E-state index in [9.17, 15) is 19.2 Å². The van der Waals surface area contributed by atoms with Crippen molar-refractivity contribution in [2.24, 2.45) is 16.7 Å². The minimum Gasteiger partial charge on any atom is -0.465 e. The number of hydrogen-bond donors (Lipinski definition) is 1. The highest BCUT2D eigenvalue weighted by Gasteiger charge is 2.64. The first kappa shape index (κ1) is 20.0. The normalized spacial score (nSPS) is 25.6. The van der Waals surface area contributed by atoms with Crippen LogP contribution in [0.25, 0.3) is 0 Å². The standard InChI is InChI=1S/C21H26N2O5/c1-20(2)15-8-10-21(20,3)19(27)23(17(15)25)11-9-16(24)22-14-7-5-6-13(12-14)18(26)28-4/h5-7,12,15H,8-11H2,1-4H3,(H,22,24). The lowest BCUT2D eigenvalue weighted by atomic mass is 9.62. The van der Waals surface area contributed by atoms with Crippen LogP contribution in [-0.2, 0) is 19.1 Å². The molecule has 7 heteroatoms. The molecule has 0 aromatic heterocycles.